The second-order valence-electron chi connectivity index (χ2n) is 9.76. The Bertz CT molecular complexity index is 1340. The molecule has 2 aliphatic heterocycles. The molecule has 0 amide bonds. The highest BCUT2D eigenvalue weighted by atomic mass is 35.5. The molecule has 0 spiro atoms. The lowest BCUT2D eigenvalue weighted by atomic mass is 10.0. The van der Waals surface area contributed by atoms with Crippen molar-refractivity contribution in [2.45, 2.75) is 25.3 Å². The second kappa shape index (κ2) is 14.3. The summed E-state index contributed by atoms with van der Waals surface area (Å²) in [5, 5.41) is 1.14. The van der Waals surface area contributed by atoms with E-state index in [2.05, 4.69) is 55.7 Å². The summed E-state index contributed by atoms with van der Waals surface area (Å²) >= 11 is 0. The topological polar surface area (TPSA) is 81.7 Å². The van der Waals surface area contributed by atoms with Gasteiger partial charge in [0.1, 0.15) is 17.9 Å². The molecule has 6 rings (SSSR count). The van der Waals surface area contributed by atoms with Crippen molar-refractivity contribution >= 4 is 64.8 Å². The third kappa shape index (κ3) is 7.06. The van der Waals surface area contributed by atoms with Crippen LogP contribution in [0.2, 0.25) is 0 Å². The van der Waals surface area contributed by atoms with Crippen molar-refractivity contribution in [3.8, 4) is 11.6 Å². The first-order chi connectivity index (χ1) is 17.7. The van der Waals surface area contributed by atoms with Crippen LogP contribution in [0.3, 0.4) is 0 Å². The molecule has 0 bridgehead atoms. The van der Waals surface area contributed by atoms with E-state index in [9.17, 15) is 0 Å². The second-order valence-corrected chi connectivity index (χ2v) is 9.76. The molecule has 0 saturated carbocycles. The summed E-state index contributed by atoms with van der Waals surface area (Å²) in [5.74, 6) is 1.72. The Balaban J connectivity index is 0.00000140. The summed E-state index contributed by atoms with van der Waals surface area (Å²) < 4.78 is 13.5. The zero-order valence-electron chi connectivity index (χ0n) is 21.9. The molecule has 0 atom stereocenters. The minimum absolute atomic E-state index is 0. The largest absolute Gasteiger partial charge is 0.493 e. The summed E-state index contributed by atoms with van der Waals surface area (Å²) in [6, 6.07) is 17.0. The van der Waals surface area contributed by atoms with E-state index in [1.165, 1.54) is 5.69 Å². The lowest BCUT2D eigenvalue weighted by Gasteiger charge is -2.32. The summed E-state index contributed by atoms with van der Waals surface area (Å²) in [6.45, 7) is 7.37. The predicted octanol–water partition coefficient (Wildman–Crippen LogP) is 4.87. The number of hydrogen-bond donors (Lipinski definition) is 1. The van der Waals surface area contributed by atoms with E-state index >= 15 is 0 Å². The highest BCUT2D eigenvalue weighted by molar-refractivity contribution is 5.92. The number of anilines is 1. The van der Waals surface area contributed by atoms with E-state index in [-0.39, 0.29) is 37.2 Å². The fourth-order valence-corrected chi connectivity index (χ4v) is 5.22. The minimum atomic E-state index is 0. The van der Waals surface area contributed by atoms with E-state index in [1.807, 2.05) is 18.5 Å². The average molecular weight is 596 g/mol. The van der Waals surface area contributed by atoms with E-state index in [0.717, 1.165) is 98.7 Å². The maximum atomic E-state index is 6.14. The van der Waals surface area contributed by atoms with Gasteiger partial charge in [-0.1, -0.05) is 12.1 Å². The number of imidazole rings is 1. The van der Waals surface area contributed by atoms with Gasteiger partial charge in [0.25, 0.3) is 0 Å². The molecule has 2 saturated heterocycles. The number of fused-ring (bicyclic) bond motifs is 2. The van der Waals surface area contributed by atoms with Gasteiger partial charge in [0, 0.05) is 50.2 Å². The van der Waals surface area contributed by atoms with Crippen LogP contribution in [0.15, 0.2) is 54.9 Å². The molecule has 2 N–H and O–H groups in total. The first-order valence-electron chi connectivity index (χ1n) is 13.1. The van der Waals surface area contributed by atoms with Crippen LogP contribution in [0, 0.1) is 0 Å². The van der Waals surface area contributed by atoms with Gasteiger partial charge in [-0.15, -0.1) is 37.2 Å². The molecule has 0 radical (unpaired) electrons. The lowest BCUT2D eigenvalue weighted by molar-refractivity contribution is 0.0358. The molecule has 8 nitrogen and oxygen atoms in total. The predicted molar refractivity (Wildman–Crippen MR) is 165 cm³/mol. The molecule has 2 aromatic carbocycles. The number of nitrogens with two attached hydrogens (primary N) is 1. The van der Waals surface area contributed by atoms with Crippen LogP contribution >= 0.6 is 37.2 Å². The van der Waals surface area contributed by atoms with Crippen LogP contribution in [-0.4, -0.2) is 78.0 Å². The van der Waals surface area contributed by atoms with Crippen molar-refractivity contribution in [3.63, 3.8) is 0 Å². The molecule has 0 aliphatic carbocycles. The maximum Gasteiger partial charge on any atom is 0.139 e. The molecule has 11 heteroatoms. The van der Waals surface area contributed by atoms with Gasteiger partial charge < -0.3 is 20.1 Å². The van der Waals surface area contributed by atoms with Crippen molar-refractivity contribution < 1.29 is 9.47 Å². The van der Waals surface area contributed by atoms with Gasteiger partial charge in [0.2, 0.25) is 0 Å². The number of morpholine rings is 1. The molecule has 4 aromatic rings. The summed E-state index contributed by atoms with van der Waals surface area (Å²) in [6.07, 6.45) is 4.88. The first-order valence-corrected chi connectivity index (χ1v) is 13.1. The standard InChI is InChI=1S/C28H34N6O2.3ClH/c29-22-9-12-33(13-10-22)26-4-1-3-21-5-8-27(31-28(21)26)34-20-30-24-19-23(6-7-25(24)34)36-16-2-11-32-14-17-35-18-15-32;;;/h1,3-8,19-20,22H,2,9-18,29H2;3*1H. The third-order valence-electron chi connectivity index (χ3n) is 7.32. The SMILES string of the molecule is Cl.Cl.Cl.NC1CCN(c2cccc3ccc(-n4cnc5cc(OCCCN6CCOCC6)ccc54)nc23)CC1. The monoisotopic (exact) mass is 594 g/mol. The number of pyridine rings is 1. The molecular weight excluding hydrogens is 559 g/mol. The van der Waals surface area contributed by atoms with Gasteiger partial charge in [-0.2, -0.15) is 0 Å². The first kappa shape index (κ1) is 31.2. The number of rotatable bonds is 7. The van der Waals surface area contributed by atoms with Crippen molar-refractivity contribution in [3.05, 3.63) is 54.9 Å². The molecule has 0 unspecified atom stereocenters. The Morgan fingerprint density at radius 2 is 1.74 bits per heavy atom. The molecule has 2 aliphatic rings. The van der Waals surface area contributed by atoms with E-state index in [1.54, 1.807) is 0 Å². The molecule has 4 heterocycles. The van der Waals surface area contributed by atoms with Crippen LogP contribution in [0.4, 0.5) is 5.69 Å². The number of piperidine rings is 1. The van der Waals surface area contributed by atoms with Gasteiger partial charge >= 0.3 is 0 Å². The van der Waals surface area contributed by atoms with Gasteiger partial charge in [-0.05, 0) is 49.6 Å². The number of aromatic nitrogens is 3. The van der Waals surface area contributed by atoms with Gasteiger partial charge in [0.15, 0.2) is 0 Å². The van der Waals surface area contributed by atoms with Crippen LogP contribution in [0.25, 0.3) is 27.8 Å². The molecule has 212 valence electrons. The van der Waals surface area contributed by atoms with E-state index in [4.69, 9.17) is 20.2 Å². The van der Waals surface area contributed by atoms with E-state index in [0.29, 0.717) is 12.6 Å². The van der Waals surface area contributed by atoms with E-state index < -0.39 is 0 Å². The molecule has 39 heavy (non-hydrogen) atoms. The van der Waals surface area contributed by atoms with Crippen LogP contribution in [0.1, 0.15) is 19.3 Å². The fourth-order valence-electron chi connectivity index (χ4n) is 5.22. The Labute approximate surface area is 248 Å². The Hall–Kier alpha value is -2.33. The number of nitrogens with zero attached hydrogens (tertiary/aromatic N) is 5. The molecular formula is C28H37Cl3N6O2. The van der Waals surface area contributed by atoms with Crippen LogP contribution in [0.5, 0.6) is 5.75 Å². The van der Waals surface area contributed by atoms with Gasteiger partial charge in [-0.3, -0.25) is 9.47 Å². The Kier molecular flexibility index (Phi) is 11.5. The molecule has 2 fully saturated rings. The fraction of sp³-hybridized carbons (Fsp3) is 0.429. The van der Waals surface area contributed by atoms with Crippen molar-refractivity contribution in [1.82, 2.24) is 19.4 Å². The Morgan fingerprint density at radius 1 is 0.949 bits per heavy atom. The van der Waals surface area contributed by atoms with Crippen molar-refractivity contribution in [1.29, 1.82) is 0 Å². The quantitative estimate of drug-likeness (QED) is 0.305. The zero-order chi connectivity index (χ0) is 24.3. The highest BCUT2D eigenvalue weighted by Gasteiger charge is 2.19. The number of benzene rings is 2. The maximum absolute atomic E-state index is 6.14. The minimum Gasteiger partial charge on any atom is -0.493 e. The Morgan fingerprint density at radius 3 is 2.54 bits per heavy atom. The lowest BCUT2D eigenvalue weighted by Crippen LogP contribution is -2.39. The molecule has 2 aromatic heterocycles. The summed E-state index contributed by atoms with van der Waals surface area (Å²) in [4.78, 5) is 14.6. The van der Waals surface area contributed by atoms with Gasteiger partial charge in [-0.25, -0.2) is 9.97 Å². The third-order valence-corrected chi connectivity index (χ3v) is 7.32. The summed E-state index contributed by atoms with van der Waals surface area (Å²) in [7, 11) is 0. The average Bonchev–Trinajstić information content (AvgIpc) is 3.35. The summed E-state index contributed by atoms with van der Waals surface area (Å²) in [5.41, 5.74) is 10.3. The normalized spacial score (nSPS) is 16.4. The van der Waals surface area contributed by atoms with Crippen LogP contribution < -0.4 is 15.4 Å². The number of para-hydroxylation sites is 1. The van der Waals surface area contributed by atoms with Gasteiger partial charge in [0.05, 0.1) is 42.1 Å². The highest BCUT2D eigenvalue weighted by Crippen LogP contribution is 2.29. The zero-order valence-corrected chi connectivity index (χ0v) is 24.4. The van der Waals surface area contributed by atoms with Crippen molar-refractivity contribution in [2.24, 2.45) is 5.73 Å². The van der Waals surface area contributed by atoms with Crippen molar-refractivity contribution in [2.75, 3.05) is 57.4 Å². The number of ether oxygens (including phenoxy) is 2. The van der Waals surface area contributed by atoms with Crippen LogP contribution in [-0.2, 0) is 4.74 Å². The smallest absolute Gasteiger partial charge is 0.139 e. The number of halogens is 3. The number of hydrogen-bond acceptors (Lipinski definition) is 7.